The monoisotopic (exact) mass is 312 g/mol. The number of rotatable bonds is 3. The van der Waals surface area contributed by atoms with E-state index in [0.717, 1.165) is 7.11 Å². The predicted molar refractivity (Wildman–Crippen MR) is 63.1 cm³/mol. The van der Waals surface area contributed by atoms with Gasteiger partial charge in [0.1, 0.15) is 10.7 Å². The van der Waals surface area contributed by atoms with Crippen molar-refractivity contribution < 1.29 is 37.0 Å². The lowest BCUT2D eigenvalue weighted by Crippen LogP contribution is -2.23. The molecule has 112 valence electrons. The van der Waals surface area contributed by atoms with Crippen LogP contribution in [0, 0.1) is 0 Å². The fraction of sp³-hybridized carbons (Fsp3) is 0.455. The number of hydrogen-bond acceptors (Lipinski definition) is 6. The van der Waals surface area contributed by atoms with Crippen LogP contribution in [0.5, 0.6) is 0 Å². The molecular formula is C11H11F3O5S. The van der Waals surface area contributed by atoms with Crippen LogP contribution in [0.25, 0.3) is 0 Å². The summed E-state index contributed by atoms with van der Waals surface area (Å²) in [5.41, 5.74) is -1.59. The molecule has 0 aromatic rings. The molecule has 0 radical (unpaired) electrons. The van der Waals surface area contributed by atoms with E-state index >= 15 is 0 Å². The van der Waals surface area contributed by atoms with Crippen LogP contribution in [0.1, 0.15) is 13.8 Å². The maximum atomic E-state index is 12.8. The molecule has 0 amide bonds. The fourth-order valence-corrected chi connectivity index (χ4v) is 2.25. The first-order chi connectivity index (χ1) is 9.22. The molecule has 0 spiro atoms. The lowest BCUT2D eigenvalue weighted by molar-refractivity contribution is -0.148. The van der Waals surface area contributed by atoms with E-state index in [2.05, 4.69) is 9.47 Å². The molecule has 1 heterocycles. The number of carbonyl (C=O) groups excluding carboxylic acids is 2. The minimum absolute atomic E-state index is 0.0610. The Labute approximate surface area is 116 Å². The predicted octanol–water partition coefficient (Wildman–Crippen LogP) is 2.49. The number of alkyl halides is 3. The Bertz CT molecular complexity index is 493. The van der Waals surface area contributed by atoms with E-state index in [1.165, 1.54) is 6.92 Å². The van der Waals surface area contributed by atoms with Crippen LogP contribution in [0.3, 0.4) is 0 Å². The third-order valence-corrected chi connectivity index (χ3v) is 3.23. The van der Waals surface area contributed by atoms with E-state index < -0.39 is 28.8 Å². The lowest BCUT2D eigenvalue weighted by atomic mass is 10.3. The van der Waals surface area contributed by atoms with E-state index in [4.69, 9.17) is 4.74 Å². The highest BCUT2D eigenvalue weighted by Gasteiger charge is 2.46. The van der Waals surface area contributed by atoms with Gasteiger partial charge in [-0.05, 0) is 25.6 Å². The summed E-state index contributed by atoms with van der Waals surface area (Å²) in [4.78, 5) is 22.6. The molecule has 9 heteroatoms. The van der Waals surface area contributed by atoms with E-state index in [9.17, 15) is 22.8 Å². The van der Waals surface area contributed by atoms with Gasteiger partial charge in [-0.3, -0.25) is 0 Å². The number of ether oxygens (including phenoxy) is 3. The molecule has 1 rings (SSSR count). The summed E-state index contributed by atoms with van der Waals surface area (Å²) in [6.45, 7) is 2.93. The van der Waals surface area contributed by atoms with Crippen molar-refractivity contribution in [2.45, 2.75) is 20.0 Å². The molecule has 20 heavy (non-hydrogen) atoms. The Morgan fingerprint density at radius 3 is 2.40 bits per heavy atom. The Balaban J connectivity index is 3.13. The van der Waals surface area contributed by atoms with E-state index in [1.54, 1.807) is 6.92 Å². The highest BCUT2D eigenvalue weighted by Crippen LogP contribution is 2.44. The molecule has 0 bridgehead atoms. The highest BCUT2D eigenvalue weighted by atomic mass is 32.2. The van der Waals surface area contributed by atoms with Gasteiger partial charge in [-0.2, -0.15) is 13.2 Å². The van der Waals surface area contributed by atoms with Gasteiger partial charge < -0.3 is 14.2 Å². The number of methoxy groups -OCH3 is 1. The van der Waals surface area contributed by atoms with Gasteiger partial charge in [-0.1, -0.05) is 0 Å². The zero-order valence-corrected chi connectivity index (χ0v) is 11.6. The van der Waals surface area contributed by atoms with Crippen molar-refractivity contribution >= 4 is 23.7 Å². The average Bonchev–Trinajstić information content (AvgIpc) is 2.69. The second kappa shape index (κ2) is 6.21. The SMILES string of the molecule is CCOC(=O)C1=C(C)O/C(=C(/C(=O)OC)C(F)(F)F)S1. The van der Waals surface area contributed by atoms with Crippen LogP contribution >= 0.6 is 11.8 Å². The number of hydrogen-bond donors (Lipinski definition) is 0. The quantitative estimate of drug-likeness (QED) is 0.589. The van der Waals surface area contributed by atoms with Crippen molar-refractivity contribution in [3.8, 4) is 0 Å². The number of halogens is 3. The van der Waals surface area contributed by atoms with Crippen molar-refractivity contribution in [1.29, 1.82) is 0 Å². The molecule has 0 aliphatic carbocycles. The van der Waals surface area contributed by atoms with E-state index in [1.807, 2.05) is 0 Å². The standard InChI is InChI=1S/C11H11F3O5S/c1-4-18-9(16)7-5(2)19-10(20-7)6(8(15)17-3)11(12,13)14/h4H2,1-3H3/b10-6+. The molecule has 0 unspecified atom stereocenters. The van der Waals surface area contributed by atoms with Crippen LogP contribution in [-0.2, 0) is 23.8 Å². The maximum Gasteiger partial charge on any atom is 0.427 e. The van der Waals surface area contributed by atoms with E-state index in [-0.39, 0.29) is 17.3 Å². The van der Waals surface area contributed by atoms with Gasteiger partial charge in [0, 0.05) is 0 Å². The Morgan fingerprint density at radius 1 is 1.35 bits per heavy atom. The van der Waals surface area contributed by atoms with Gasteiger partial charge in [0.05, 0.1) is 13.7 Å². The molecule has 0 fully saturated rings. The first kappa shape index (κ1) is 16.4. The molecule has 0 saturated heterocycles. The van der Waals surface area contributed by atoms with Gasteiger partial charge in [0.25, 0.3) is 0 Å². The Kier molecular flexibility index (Phi) is 5.09. The second-order valence-electron chi connectivity index (χ2n) is 3.46. The summed E-state index contributed by atoms with van der Waals surface area (Å²) in [5, 5.41) is -0.745. The molecule has 1 aliphatic rings. The van der Waals surface area contributed by atoms with E-state index in [0.29, 0.717) is 11.8 Å². The van der Waals surface area contributed by atoms with Crippen LogP contribution in [0.15, 0.2) is 21.3 Å². The summed E-state index contributed by atoms with van der Waals surface area (Å²) in [5.74, 6) is -2.46. The molecule has 1 aliphatic heterocycles. The zero-order valence-electron chi connectivity index (χ0n) is 10.8. The largest absolute Gasteiger partial charge is 0.465 e. The van der Waals surface area contributed by atoms with Crippen LogP contribution < -0.4 is 0 Å². The summed E-state index contributed by atoms with van der Waals surface area (Å²) in [7, 11) is 0.820. The van der Waals surface area contributed by atoms with Crippen molar-refractivity contribution in [3.63, 3.8) is 0 Å². The first-order valence-electron chi connectivity index (χ1n) is 5.35. The Hall–Kier alpha value is -1.64. The van der Waals surface area contributed by atoms with Crippen molar-refractivity contribution in [2.75, 3.05) is 13.7 Å². The van der Waals surface area contributed by atoms with Gasteiger partial charge >= 0.3 is 18.1 Å². The minimum Gasteiger partial charge on any atom is -0.465 e. The summed E-state index contributed by atoms with van der Waals surface area (Å²) < 4.78 is 52.1. The zero-order chi connectivity index (χ0) is 15.5. The number of thioether (sulfide) groups is 1. The second-order valence-corrected chi connectivity index (χ2v) is 4.44. The molecule has 0 saturated carbocycles. The number of esters is 2. The van der Waals surface area contributed by atoms with Crippen LogP contribution in [-0.4, -0.2) is 31.8 Å². The fourth-order valence-electron chi connectivity index (χ4n) is 1.27. The lowest BCUT2D eigenvalue weighted by Gasteiger charge is -2.11. The normalized spacial score (nSPS) is 17.7. The number of allylic oxidation sites excluding steroid dienone is 1. The molecular weight excluding hydrogens is 301 g/mol. The van der Waals surface area contributed by atoms with Crippen molar-refractivity contribution in [1.82, 2.24) is 0 Å². The Morgan fingerprint density at radius 2 is 1.95 bits per heavy atom. The van der Waals surface area contributed by atoms with Crippen LogP contribution in [0.2, 0.25) is 0 Å². The van der Waals surface area contributed by atoms with Gasteiger partial charge in [0.15, 0.2) is 10.7 Å². The highest BCUT2D eigenvalue weighted by molar-refractivity contribution is 8.07. The van der Waals surface area contributed by atoms with Crippen molar-refractivity contribution in [3.05, 3.63) is 21.3 Å². The van der Waals surface area contributed by atoms with Gasteiger partial charge in [0.2, 0.25) is 0 Å². The van der Waals surface area contributed by atoms with Crippen molar-refractivity contribution in [2.24, 2.45) is 0 Å². The first-order valence-corrected chi connectivity index (χ1v) is 6.17. The maximum absolute atomic E-state index is 12.8. The minimum atomic E-state index is -4.96. The summed E-state index contributed by atoms with van der Waals surface area (Å²) in [6.07, 6.45) is -4.96. The average molecular weight is 312 g/mol. The van der Waals surface area contributed by atoms with Gasteiger partial charge in [-0.25, -0.2) is 9.59 Å². The summed E-state index contributed by atoms with van der Waals surface area (Å²) >= 11 is 0.387. The molecule has 0 N–H and O–H groups in total. The molecule has 5 nitrogen and oxygen atoms in total. The smallest absolute Gasteiger partial charge is 0.427 e. The van der Waals surface area contributed by atoms with Gasteiger partial charge in [-0.15, -0.1) is 0 Å². The summed E-state index contributed by atoms with van der Waals surface area (Å²) in [6, 6.07) is 0. The molecule has 0 aromatic heterocycles. The third-order valence-electron chi connectivity index (χ3n) is 2.10. The van der Waals surface area contributed by atoms with Crippen LogP contribution in [0.4, 0.5) is 13.2 Å². The number of carbonyl (C=O) groups is 2. The molecule has 0 atom stereocenters. The topological polar surface area (TPSA) is 61.8 Å². The molecule has 0 aromatic carbocycles. The third kappa shape index (κ3) is 3.47.